The summed E-state index contributed by atoms with van der Waals surface area (Å²) >= 11 is 0. The van der Waals surface area contributed by atoms with Gasteiger partial charge in [-0.05, 0) is 25.8 Å². The van der Waals surface area contributed by atoms with E-state index in [4.69, 9.17) is 0 Å². The Bertz CT molecular complexity index is 247. The molecular weight excluding hydrogens is 204 g/mol. The van der Waals surface area contributed by atoms with Crippen LogP contribution in [0.3, 0.4) is 0 Å². The van der Waals surface area contributed by atoms with Crippen LogP contribution in [0.5, 0.6) is 0 Å². The summed E-state index contributed by atoms with van der Waals surface area (Å²) in [7, 11) is 0. The fourth-order valence-corrected chi connectivity index (χ4v) is 2.03. The molecule has 0 radical (unpaired) electrons. The summed E-state index contributed by atoms with van der Waals surface area (Å²) in [6.07, 6.45) is 4.06. The molecule has 0 saturated carbocycles. The van der Waals surface area contributed by atoms with Gasteiger partial charge in [0, 0.05) is 6.42 Å². The van der Waals surface area contributed by atoms with Crippen LogP contribution in [0, 0.1) is 0 Å². The highest BCUT2D eigenvalue weighted by atomic mass is 16.2. The molecule has 0 aromatic heterocycles. The zero-order valence-corrected chi connectivity index (χ0v) is 10.2. The van der Waals surface area contributed by atoms with Gasteiger partial charge in [0.15, 0.2) is 5.78 Å². The van der Waals surface area contributed by atoms with Gasteiger partial charge in [-0.1, -0.05) is 20.3 Å². The molecule has 92 valence electrons. The minimum absolute atomic E-state index is 0.0160. The number of hydrogen-bond donors (Lipinski definition) is 2. The standard InChI is InChI=1S/C12H22N2O2/c1-3-6-9(11(15)4-2)14-12(16)10-7-5-8-13-10/h9-10,13H,3-8H2,1-2H3,(H,14,16)/t9-,10?/m0/s1. The minimum Gasteiger partial charge on any atom is -0.345 e. The Morgan fingerprint density at radius 3 is 2.69 bits per heavy atom. The van der Waals surface area contributed by atoms with Crippen LogP contribution in [0.1, 0.15) is 46.0 Å². The highest BCUT2D eigenvalue weighted by molar-refractivity contribution is 5.90. The molecule has 1 saturated heterocycles. The fraction of sp³-hybridized carbons (Fsp3) is 0.833. The van der Waals surface area contributed by atoms with E-state index in [-0.39, 0.29) is 23.8 Å². The maximum atomic E-state index is 11.8. The van der Waals surface area contributed by atoms with E-state index in [1.54, 1.807) is 0 Å². The largest absolute Gasteiger partial charge is 0.345 e. The molecule has 0 spiro atoms. The van der Waals surface area contributed by atoms with Crippen molar-refractivity contribution >= 4 is 11.7 Å². The molecule has 1 unspecified atom stereocenters. The smallest absolute Gasteiger partial charge is 0.237 e. The number of nitrogens with one attached hydrogen (secondary N) is 2. The summed E-state index contributed by atoms with van der Waals surface area (Å²) in [5.74, 6) is 0.117. The summed E-state index contributed by atoms with van der Waals surface area (Å²) in [6, 6.07) is -0.381. The number of rotatable bonds is 6. The first-order chi connectivity index (χ1) is 7.69. The average Bonchev–Trinajstić information content (AvgIpc) is 2.80. The van der Waals surface area contributed by atoms with Gasteiger partial charge in [-0.3, -0.25) is 9.59 Å². The predicted octanol–water partition coefficient (Wildman–Crippen LogP) is 1.00. The van der Waals surface area contributed by atoms with E-state index in [0.29, 0.717) is 6.42 Å². The van der Waals surface area contributed by atoms with Crippen molar-refractivity contribution in [2.75, 3.05) is 6.54 Å². The molecule has 16 heavy (non-hydrogen) atoms. The number of amides is 1. The molecule has 0 bridgehead atoms. The Morgan fingerprint density at radius 1 is 1.44 bits per heavy atom. The van der Waals surface area contributed by atoms with Crippen LogP contribution in [0.25, 0.3) is 0 Å². The van der Waals surface area contributed by atoms with E-state index >= 15 is 0 Å². The second-order valence-electron chi connectivity index (χ2n) is 4.32. The third-order valence-corrected chi connectivity index (χ3v) is 3.01. The van der Waals surface area contributed by atoms with Crippen molar-refractivity contribution in [3.63, 3.8) is 0 Å². The van der Waals surface area contributed by atoms with Crippen molar-refractivity contribution < 1.29 is 9.59 Å². The molecule has 2 N–H and O–H groups in total. The molecule has 2 atom stereocenters. The molecule has 1 aliphatic rings. The maximum Gasteiger partial charge on any atom is 0.237 e. The Balaban J connectivity index is 2.46. The van der Waals surface area contributed by atoms with E-state index in [1.807, 2.05) is 13.8 Å². The van der Waals surface area contributed by atoms with Crippen molar-refractivity contribution in [2.24, 2.45) is 0 Å². The lowest BCUT2D eigenvalue weighted by Crippen LogP contribution is -2.48. The summed E-state index contributed by atoms with van der Waals surface area (Å²) in [4.78, 5) is 23.4. The van der Waals surface area contributed by atoms with E-state index in [9.17, 15) is 9.59 Å². The lowest BCUT2D eigenvalue weighted by Gasteiger charge is -2.19. The molecule has 4 nitrogen and oxygen atoms in total. The normalized spacial score (nSPS) is 21.8. The van der Waals surface area contributed by atoms with Gasteiger partial charge in [0.05, 0.1) is 12.1 Å². The summed E-state index contributed by atoms with van der Waals surface area (Å²) in [6.45, 7) is 4.76. The molecule has 1 heterocycles. The second kappa shape index (κ2) is 6.63. The molecule has 1 rings (SSSR count). The van der Waals surface area contributed by atoms with Crippen LogP contribution in [0.15, 0.2) is 0 Å². The third-order valence-electron chi connectivity index (χ3n) is 3.01. The van der Waals surface area contributed by atoms with Crippen LogP contribution in [0.4, 0.5) is 0 Å². The van der Waals surface area contributed by atoms with Gasteiger partial charge in [0.1, 0.15) is 0 Å². The van der Waals surface area contributed by atoms with Gasteiger partial charge >= 0.3 is 0 Å². The number of Topliss-reactive ketones (excluding diaryl/α,β-unsaturated/α-hetero) is 1. The van der Waals surface area contributed by atoms with Crippen molar-refractivity contribution in [1.29, 1.82) is 0 Å². The zero-order chi connectivity index (χ0) is 12.0. The molecule has 1 amide bonds. The van der Waals surface area contributed by atoms with Crippen molar-refractivity contribution in [1.82, 2.24) is 10.6 Å². The number of hydrogen-bond acceptors (Lipinski definition) is 3. The van der Waals surface area contributed by atoms with Gasteiger partial charge < -0.3 is 10.6 Å². The number of ketones is 1. The molecule has 4 heteroatoms. The Hall–Kier alpha value is -0.900. The zero-order valence-electron chi connectivity index (χ0n) is 10.2. The summed E-state index contributed by atoms with van der Waals surface area (Å²) < 4.78 is 0. The Labute approximate surface area is 97.2 Å². The quantitative estimate of drug-likeness (QED) is 0.710. The average molecular weight is 226 g/mol. The lowest BCUT2D eigenvalue weighted by atomic mass is 10.0. The SMILES string of the molecule is CCC[C@H](NC(=O)C1CCCN1)C(=O)CC. The highest BCUT2D eigenvalue weighted by Gasteiger charge is 2.25. The first-order valence-electron chi connectivity index (χ1n) is 6.25. The number of carbonyl (C=O) groups excluding carboxylic acids is 2. The van der Waals surface area contributed by atoms with E-state index in [1.165, 1.54) is 0 Å². The van der Waals surface area contributed by atoms with Gasteiger partial charge in [-0.2, -0.15) is 0 Å². The van der Waals surface area contributed by atoms with Crippen LogP contribution < -0.4 is 10.6 Å². The molecule has 1 fully saturated rings. The van der Waals surface area contributed by atoms with Gasteiger partial charge in [-0.15, -0.1) is 0 Å². The van der Waals surface area contributed by atoms with Crippen molar-refractivity contribution in [2.45, 2.75) is 58.0 Å². The summed E-state index contributed by atoms with van der Waals surface area (Å²) in [5, 5.41) is 6.00. The number of carbonyl (C=O) groups is 2. The second-order valence-corrected chi connectivity index (χ2v) is 4.32. The fourth-order valence-electron chi connectivity index (χ4n) is 2.03. The van der Waals surface area contributed by atoms with Gasteiger partial charge in [0.25, 0.3) is 0 Å². The molecular formula is C12H22N2O2. The summed E-state index contributed by atoms with van der Waals surface area (Å²) in [5.41, 5.74) is 0. The highest BCUT2D eigenvalue weighted by Crippen LogP contribution is 2.07. The topological polar surface area (TPSA) is 58.2 Å². The minimum atomic E-state index is -0.287. The predicted molar refractivity (Wildman–Crippen MR) is 63.2 cm³/mol. The Morgan fingerprint density at radius 2 is 2.19 bits per heavy atom. The van der Waals surface area contributed by atoms with Crippen LogP contribution in [-0.2, 0) is 9.59 Å². The third kappa shape index (κ3) is 3.59. The van der Waals surface area contributed by atoms with Crippen LogP contribution in [-0.4, -0.2) is 30.3 Å². The first kappa shape index (κ1) is 13.2. The van der Waals surface area contributed by atoms with Gasteiger partial charge in [-0.25, -0.2) is 0 Å². The van der Waals surface area contributed by atoms with E-state index in [2.05, 4.69) is 10.6 Å². The van der Waals surface area contributed by atoms with Gasteiger partial charge in [0.2, 0.25) is 5.91 Å². The van der Waals surface area contributed by atoms with Crippen LogP contribution in [0.2, 0.25) is 0 Å². The molecule has 0 aliphatic carbocycles. The molecule has 1 aliphatic heterocycles. The van der Waals surface area contributed by atoms with E-state index in [0.717, 1.165) is 32.2 Å². The monoisotopic (exact) mass is 226 g/mol. The van der Waals surface area contributed by atoms with Crippen molar-refractivity contribution in [3.8, 4) is 0 Å². The van der Waals surface area contributed by atoms with Crippen molar-refractivity contribution in [3.05, 3.63) is 0 Å². The molecule has 0 aromatic carbocycles. The van der Waals surface area contributed by atoms with E-state index < -0.39 is 0 Å². The Kier molecular flexibility index (Phi) is 5.46. The maximum absolute atomic E-state index is 11.8. The first-order valence-corrected chi connectivity index (χ1v) is 6.25. The van der Waals surface area contributed by atoms with Crippen LogP contribution >= 0.6 is 0 Å². The molecule has 0 aromatic rings. The lowest BCUT2D eigenvalue weighted by molar-refractivity contribution is -0.128.